The van der Waals surface area contributed by atoms with Gasteiger partial charge in [0, 0.05) is 13.7 Å². The first kappa shape index (κ1) is 9.96. The van der Waals surface area contributed by atoms with Crippen LogP contribution in [0.4, 0.5) is 0 Å². The van der Waals surface area contributed by atoms with Crippen LogP contribution in [0.3, 0.4) is 0 Å². The van der Waals surface area contributed by atoms with Crippen molar-refractivity contribution in [3.63, 3.8) is 0 Å². The van der Waals surface area contributed by atoms with E-state index in [0.717, 1.165) is 19.6 Å². The zero-order valence-corrected chi connectivity index (χ0v) is 7.91. The molecule has 0 radical (unpaired) electrons. The molecule has 0 saturated carbocycles. The number of epoxide rings is 1. The Kier molecular flexibility index (Phi) is 4.58. The van der Waals surface area contributed by atoms with E-state index >= 15 is 0 Å². The summed E-state index contributed by atoms with van der Waals surface area (Å²) in [4.78, 5) is 0. The molecule has 1 unspecified atom stereocenters. The molecule has 0 aromatic rings. The number of ether oxygens (including phenoxy) is 3. The van der Waals surface area contributed by atoms with Gasteiger partial charge in [0.05, 0.1) is 13.2 Å². The second kappa shape index (κ2) is 5.51. The average Bonchev–Trinajstić information content (AvgIpc) is 2.88. The van der Waals surface area contributed by atoms with Crippen LogP contribution in [0.1, 0.15) is 19.8 Å². The molecule has 0 N–H and O–H groups in total. The van der Waals surface area contributed by atoms with E-state index in [1.807, 2.05) is 0 Å². The van der Waals surface area contributed by atoms with Crippen molar-refractivity contribution >= 4 is 0 Å². The highest BCUT2D eigenvalue weighted by molar-refractivity contribution is 4.79. The van der Waals surface area contributed by atoms with E-state index < -0.39 is 0 Å². The van der Waals surface area contributed by atoms with Crippen LogP contribution in [0.15, 0.2) is 0 Å². The molecule has 3 heteroatoms. The van der Waals surface area contributed by atoms with E-state index in [9.17, 15) is 0 Å². The Labute approximate surface area is 74.0 Å². The topological polar surface area (TPSA) is 31.0 Å². The van der Waals surface area contributed by atoms with Crippen LogP contribution in [0.25, 0.3) is 0 Å². The van der Waals surface area contributed by atoms with Crippen LogP contribution < -0.4 is 0 Å². The van der Waals surface area contributed by atoms with Crippen LogP contribution in [0, 0.1) is 0 Å². The van der Waals surface area contributed by atoms with Crippen molar-refractivity contribution < 1.29 is 14.2 Å². The van der Waals surface area contributed by atoms with Crippen molar-refractivity contribution in [2.24, 2.45) is 0 Å². The van der Waals surface area contributed by atoms with Gasteiger partial charge in [-0.05, 0) is 6.42 Å². The average molecular weight is 174 g/mol. The van der Waals surface area contributed by atoms with Gasteiger partial charge in [0.1, 0.15) is 12.2 Å². The highest BCUT2D eigenvalue weighted by Gasteiger charge is 2.32. The molecule has 2 atom stereocenters. The SMILES string of the molecule is CCCCOC[C@H](OC)C1CO1. The highest BCUT2D eigenvalue weighted by Crippen LogP contribution is 2.16. The molecular weight excluding hydrogens is 156 g/mol. The molecule has 0 aromatic carbocycles. The zero-order valence-electron chi connectivity index (χ0n) is 7.91. The largest absolute Gasteiger partial charge is 0.379 e. The van der Waals surface area contributed by atoms with Gasteiger partial charge in [-0.1, -0.05) is 13.3 Å². The van der Waals surface area contributed by atoms with Crippen LogP contribution in [-0.4, -0.2) is 39.1 Å². The minimum atomic E-state index is 0.141. The van der Waals surface area contributed by atoms with Gasteiger partial charge in [-0.2, -0.15) is 0 Å². The smallest absolute Gasteiger partial charge is 0.109 e. The summed E-state index contributed by atoms with van der Waals surface area (Å²) in [5, 5.41) is 0. The molecule has 1 saturated heterocycles. The molecule has 0 spiro atoms. The van der Waals surface area contributed by atoms with E-state index in [0.29, 0.717) is 6.61 Å². The van der Waals surface area contributed by atoms with E-state index in [2.05, 4.69) is 6.92 Å². The van der Waals surface area contributed by atoms with Crippen LogP contribution in [0.2, 0.25) is 0 Å². The molecule has 72 valence electrons. The first-order valence-corrected chi connectivity index (χ1v) is 4.60. The predicted molar refractivity (Wildman–Crippen MR) is 46.3 cm³/mol. The molecule has 1 heterocycles. The minimum Gasteiger partial charge on any atom is -0.379 e. The molecule has 0 bridgehead atoms. The fraction of sp³-hybridized carbons (Fsp3) is 1.00. The van der Waals surface area contributed by atoms with Gasteiger partial charge in [-0.25, -0.2) is 0 Å². The first-order valence-electron chi connectivity index (χ1n) is 4.60. The lowest BCUT2D eigenvalue weighted by Gasteiger charge is -2.12. The summed E-state index contributed by atoms with van der Waals surface area (Å²) < 4.78 is 15.7. The van der Waals surface area contributed by atoms with Crippen LogP contribution >= 0.6 is 0 Å². The third-order valence-corrected chi connectivity index (χ3v) is 2.00. The summed E-state index contributed by atoms with van der Waals surface area (Å²) in [6.07, 6.45) is 2.73. The summed E-state index contributed by atoms with van der Waals surface area (Å²) in [6, 6.07) is 0. The number of methoxy groups -OCH3 is 1. The summed E-state index contributed by atoms with van der Waals surface area (Å²) in [5.41, 5.74) is 0. The van der Waals surface area contributed by atoms with Crippen LogP contribution in [0.5, 0.6) is 0 Å². The summed E-state index contributed by atoms with van der Waals surface area (Å²) in [6.45, 7) is 4.49. The molecule has 0 aliphatic carbocycles. The summed E-state index contributed by atoms with van der Waals surface area (Å²) in [5.74, 6) is 0. The summed E-state index contributed by atoms with van der Waals surface area (Å²) in [7, 11) is 1.70. The van der Waals surface area contributed by atoms with E-state index in [1.165, 1.54) is 6.42 Å². The van der Waals surface area contributed by atoms with Gasteiger partial charge in [0.15, 0.2) is 0 Å². The quantitative estimate of drug-likeness (QED) is 0.429. The second-order valence-corrected chi connectivity index (χ2v) is 3.07. The third kappa shape index (κ3) is 3.52. The molecule has 1 rings (SSSR count). The molecule has 0 amide bonds. The Morgan fingerprint density at radius 1 is 1.58 bits per heavy atom. The van der Waals surface area contributed by atoms with Gasteiger partial charge >= 0.3 is 0 Å². The van der Waals surface area contributed by atoms with E-state index in [1.54, 1.807) is 7.11 Å². The van der Waals surface area contributed by atoms with Crippen LogP contribution in [-0.2, 0) is 14.2 Å². The molecule has 1 aliphatic heterocycles. The lowest BCUT2D eigenvalue weighted by molar-refractivity contribution is -0.00607. The van der Waals surface area contributed by atoms with Crippen molar-refractivity contribution in [2.75, 3.05) is 26.9 Å². The van der Waals surface area contributed by atoms with Crippen molar-refractivity contribution in [1.29, 1.82) is 0 Å². The Morgan fingerprint density at radius 3 is 2.83 bits per heavy atom. The van der Waals surface area contributed by atoms with Crippen molar-refractivity contribution in [1.82, 2.24) is 0 Å². The Balaban J connectivity index is 1.95. The number of unbranched alkanes of at least 4 members (excludes halogenated alkanes) is 1. The Morgan fingerprint density at radius 2 is 2.33 bits per heavy atom. The number of hydrogen-bond donors (Lipinski definition) is 0. The van der Waals surface area contributed by atoms with E-state index in [-0.39, 0.29) is 12.2 Å². The number of rotatable bonds is 7. The fourth-order valence-electron chi connectivity index (χ4n) is 1.04. The zero-order chi connectivity index (χ0) is 8.81. The first-order chi connectivity index (χ1) is 5.88. The normalized spacial score (nSPS) is 24.0. The minimum absolute atomic E-state index is 0.141. The molecular formula is C9H18O3. The maximum absolute atomic E-state index is 5.42. The van der Waals surface area contributed by atoms with Gasteiger partial charge in [0.2, 0.25) is 0 Å². The monoisotopic (exact) mass is 174 g/mol. The van der Waals surface area contributed by atoms with Gasteiger partial charge in [-0.3, -0.25) is 0 Å². The molecule has 0 aromatic heterocycles. The number of hydrogen-bond acceptors (Lipinski definition) is 3. The third-order valence-electron chi connectivity index (χ3n) is 2.00. The van der Waals surface area contributed by atoms with E-state index in [4.69, 9.17) is 14.2 Å². The van der Waals surface area contributed by atoms with Gasteiger partial charge in [-0.15, -0.1) is 0 Å². The summed E-state index contributed by atoms with van der Waals surface area (Å²) >= 11 is 0. The van der Waals surface area contributed by atoms with Gasteiger partial charge < -0.3 is 14.2 Å². The maximum Gasteiger partial charge on any atom is 0.109 e. The lowest BCUT2D eigenvalue weighted by Crippen LogP contribution is -2.24. The van der Waals surface area contributed by atoms with Crippen molar-refractivity contribution in [3.8, 4) is 0 Å². The standard InChI is InChI=1S/C9H18O3/c1-3-4-5-11-6-8(10-2)9-7-12-9/h8-9H,3-7H2,1-2H3/t8-,9?/m0/s1. The lowest BCUT2D eigenvalue weighted by atomic mass is 10.3. The molecule has 1 aliphatic rings. The van der Waals surface area contributed by atoms with Gasteiger partial charge in [0.25, 0.3) is 0 Å². The van der Waals surface area contributed by atoms with Crippen molar-refractivity contribution in [2.45, 2.75) is 32.0 Å². The molecule has 12 heavy (non-hydrogen) atoms. The Bertz CT molecular complexity index is 112. The molecule has 1 fully saturated rings. The fourth-order valence-corrected chi connectivity index (χ4v) is 1.04. The maximum atomic E-state index is 5.42. The molecule has 3 nitrogen and oxygen atoms in total. The van der Waals surface area contributed by atoms with Crippen molar-refractivity contribution in [3.05, 3.63) is 0 Å². The predicted octanol–water partition coefficient (Wildman–Crippen LogP) is 1.22. The highest BCUT2D eigenvalue weighted by atomic mass is 16.6. The second-order valence-electron chi connectivity index (χ2n) is 3.07. The Hall–Kier alpha value is -0.120.